The summed E-state index contributed by atoms with van der Waals surface area (Å²) in [5, 5.41) is 0. The van der Waals surface area contributed by atoms with Gasteiger partial charge in [-0.25, -0.2) is 0 Å². The van der Waals surface area contributed by atoms with Gasteiger partial charge in [-0.05, 0) is 36.3 Å². The minimum absolute atomic E-state index is 0.192. The van der Waals surface area contributed by atoms with Crippen LogP contribution in [0.1, 0.15) is 22.8 Å². The van der Waals surface area contributed by atoms with Crippen molar-refractivity contribution in [1.82, 2.24) is 10.9 Å². The van der Waals surface area contributed by atoms with Crippen LogP contribution in [0, 0.1) is 0 Å². The molecule has 0 saturated carbocycles. The Morgan fingerprint density at radius 2 is 1.82 bits per heavy atom. The molecule has 0 bridgehead atoms. The van der Waals surface area contributed by atoms with Crippen molar-refractivity contribution in [2.75, 3.05) is 6.79 Å². The topological polar surface area (TPSA) is 59.6 Å². The molecule has 3 rings (SSSR count). The molecule has 0 aliphatic carbocycles. The average Bonchev–Trinajstić information content (AvgIpc) is 3.03. The van der Waals surface area contributed by atoms with Crippen molar-refractivity contribution in [3.8, 4) is 11.5 Å². The highest BCUT2D eigenvalue weighted by Crippen LogP contribution is 2.32. The molecule has 2 N–H and O–H groups in total. The molecule has 5 heteroatoms. The van der Waals surface area contributed by atoms with Gasteiger partial charge >= 0.3 is 0 Å². The molecule has 0 aromatic heterocycles. The first-order chi connectivity index (χ1) is 10.7. The minimum Gasteiger partial charge on any atom is -0.454 e. The van der Waals surface area contributed by atoms with Crippen LogP contribution in [0.4, 0.5) is 0 Å². The Kier molecular flexibility index (Phi) is 3.96. The smallest absolute Gasteiger partial charge is 0.269 e. The summed E-state index contributed by atoms with van der Waals surface area (Å²) in [6.45, 7) is 2.16. The van der Waals surface area contributed by atoms with Crippen LogP contribution in [0.2, 0.25) is 0 Å². The zero-order valence-corrected chi connectivity index (χ0v) is 12.1. The van der Waals surface area contributed by atoms with E-state index < -0.39 is 0 Å². The number of hydrogen-bond acceptors (Lipinski definition) is 4. The Labute approximate surface area is 128 Å². The first-order valence-electron chi connectivity index (χ1n) is 6.92. The fourth-order valence-corrected chi connectivity index (χ4v) is 2.10. The van der Waals surface area contributed by atoms with E-state index in [0.29, 0.717) is 17.1 Å². The molecule has 2 aromatic rings. The molecule has 112 valence electrons. The van der Waals surface area contributed by atoms with E-state index >= 15 is 0 Å². The van der Waals surface area contributed by atoms with Crippen LogP contribution in [-0.4, -0.2) is 12.7 Å². The van der Waals surface area contributed by atoms with E-state index in [9.17, 15) is 4.79 Å². The second-order valence-corrected chi connectivity index (χ2v) is 4.86. The monoisotopic (exact) mass is 296 g/mol. The molecule has 0 saturated heterocycles. The van der Waals surface area contributed by atoms with Gasteiger partial charge in [0.1, 0.15) is 0 Å². The first-order valence-corrected chi connectivity index (χ1v) is 6.92. The lowest BCUT2D eigenvalue weighted by Crippen LogP contribution is -2.33. The number of nitrogens with one attached hydrogen (secondary N) is 2. The highest BCUT2D eigenvalue weighted by Gasteiger charge is 2.15. The lowest BCUT2D eigenvalue weighted by molar-refractivity contribution is 0.0940. The van der Waals surface area contributed by atoms with Crippen molar-refractivity contribution in [2.24, 2.45) is 0 Å². The number of carbonyl (C=O) groups excluding carboxylic acids is 1. The highest BCUT2D eigenvalue weighted by molar-refractivity contribution is 5.94. The maximum atomic E-state index is 12.1. The standard InChI is InChI=1S/C17H16N2O3/c1-12(13-5-3-2-4-6-13)10-18-19-17(20)14-7-8-15-16(9-14)22-11-21-15/h2-10,18H,11H2,1H3,(H,19,20). The van der Waals surface area contributed by atoms with Crippen molar-refractivity contribution >= 4 is 11.5 Å². The lowest BCUT2D eigenvalue weighted by Gasteiger charge is -2.07. The summed E-state index contributed by atoms with van der Waals surface area (Å²) in [7, 11) is 0. The van der Waals surface area contributed by atoms with Crippen LogP contribution in [0.3, 0.4) is 0 Å². The van der Waals surface area contributed by atoms with Crippen molar-refractivity contribution < 1.29 is 14.3 Å². The van der Waals surface area contributed by atoms with E-state index in [1.54, 1.807) is 24.4 Å². The third kappa shape index (κ3) is 3.03. The summed E-state index contributed by atoms with van der Waals surface area (Å²) in [6, 6.07) is 15.0. The van der Waals surface area contributed by atoms with Crippen LogP contribution in [-0.2, 0) is 0 Å². The second kappa shape index (κ2) is 6.22. The minimum atomic E-state index is -0.240. The first kappa shape index (κ1) is 14.0. The lowest BCUT2D eigenvalue weighted by atomic mass is 10.1. The van der Waals surface area contributed by atoms with Crippen LogP contribution in [0.25, 0.3) is 5.57 Å². The highest BCUT2D eigenvalue weighted by atomic mass is 16.7. The van der Waals surface area contributed by atoms with Gasteiger partial charge in [0.15, 0.2) is 11.5 Å². The quantitative estimate of drug-likeness (QED) is 0.852. The van der Waals surface area contributed by atoms with E-state index in [1.807, 2.05) is 37.3 Å². The van der Waals surface area contributed by atoms with Crippen LogP contribution < -0.4 is 20.3 Å². The Morgan fingerprint density at radius 1 is 1.05 bits per heavy atom. The number of hydrazine groups is 1. The van der Waals surface area contributed by atoms with Gasteiger partial charge in [-0.2, -0.15) is 0 Å². The molecule has 1 aliphatic heterocycles. The van der Waals surface area contributed by atoms with Crippen molar-refractivity contribution in [2.45, 2.75) is 6.92 Å². The molecule has 2 aromatic carbocycles. The fourth-order valence-electron chi connectivity index (χ4n) is 2.10. The molecule has 5 nitrogen and oxygen atoms in total. The summed E-state index contributed by atoms with van der Waals surface area (Å²) in [4.78, 5) is 12.1. The number of amides is 1. The molecule has 0 radical (unpaired) electrons. The van der Waals surface area contributed by atoms with E-state index in [2.05, 4.69) is 10.9 Å². The zero-order chi connectivity index (χ0) is 15.4. The van der Waals surface area contributed by atoms with Crippen LogP contribution in [0.5, 0.6) is 11.5 Å². The molecule has 0 unspecified atom stereocenters. The SMILES string of the molecule is CC(=CNNC(=O)c1ccc2c(c1)OCO2)c1ccccc1. The van der Waals surface area contributed by atoms with Gasteiger partial charge in [0.05, 0.1) is 0 Å². The Hall–Kier alpha value is -2.95. The second-order valence-electron chi connectivity index (χ2n) is 4.86. The summed E-state index contributed by atoms with van der Waals surface area (Å²) in [6.07, 6.45) is 1.75. The third-order valence-corrected chi connectivity index (χ3v) is 3.34. The molecule has 1 amide bonds. The van der Waals surface area contributed by atoms with E-state index in [1.165, 1.54) is 0 Å². The van der Waals surface area contributed by atoms with Gasteiger partial charge in [0.25, 0.3) is 5.91 Å². The number of fused-ring (bicyclic) bond motifs is 1. The van der Waals surface area contributed by atoms with Crippen molar-refractivity contribution in [1.29, 1.82) is 0 Å². The largest absolute Gasteiger partial charge is 0.454 e. The van der Waals surface area contributed by atoms with Crippen molar-refractivity contribution in [3.63, 3.8) is 0 Å². The summed E-state index contributed by atoms with van der Waals surface area (Å²) in [5.74, 6) is 1.00. The van der Waals surface area contributed by atoms with Gasteiger partial charge < -0.3 is 14.9 Å². The molecule has 0 fully saturated rings. The maximum Gasteiger partial charge on any atom is 0.269 e. The summed E-state index contributed by atoms with van der Waals surface area (Å²) >= 11 is 0. The molecule has 0 spiro atoms. The normalized spacial score (nSPS) is 12.9. The Morgan fingerprint density at radius 3 is 2.64 bits per heavy atom. The van der Waals surface area contributed by atoms with Gasteiger partial charge in [-0.15, -0.1) is 0 Å². The van der Waals surface area contributed by atoms with Gasteiger partial charge in [0, 0.05) is 11.8 Å². The summed E-state index contributed by atoms with van der Waals surface area (Å²) < 4.78 is 10.5. The predicted octanol–water partition coefficient (Wildman–Crippen LogP) is 2.71. The third-order valence-electron chi connectivity index (χ3n) is 3.34. The Balaban J connectivity index is 1.61. The predicted molar refractivity (Wildman–Crippen MR) is 83.3 cm³/mol. The van der Waals surface area contributed by atoms with Crippen LogP contribution in [0.15, 0.2) is 54.7 Å². The summed E-state index contributed by atoms with van der Waals surface area (Å²) in [5.41, 5.74) is 8.06. The van der Waals surface area contributed by atoms with Gasteiger partial charge in [0.2, 0.25) is 6.79 Å². The number of carbonyl (C=O) groups is 1. The van der Waals surface area contributed by atoms with E-state index in [4.69, 9.17) is 9.47 Å². The molecule has 1 heterocycles. The number of rotatable bonds is 4. The van der Waals surface area contributed by atoms with E-state index in [0.717, 1.165) is 11.1 Å². The average molecular weight is 296 g/mol. The fraction of sp³-hybridized carbons (Fsp3) is 0.118. The van der Waals surface area contributed by atoms with Crippen LogP contribution >= 0.6 is 0 Å². The zero-order valence-electron chi connectivity index (χ0n) is 12.1. The van der Waals surface area contributed by atoms with Crippen molar-refractivity contribution in [3.05, 3.63) is 65.9 Å². The van der Waals surface area contributed by atoms with E-state index in [-0.39, 0.29) is 12.7 Å². The van der Waals surface area contributed by atoms with Gasteiger partial charge in [-0.1, -0.05) is 30.3 Å². The maximum absolute atomic E-state index is 12.1. The van der Waals surface area contributed by atoms with Gasteiger partial charge in [-0.3, -0.25) is 10.2 Å². The number of hydrogen-bond donors (Lipinski definition) is 2. The number of allylic oxidation sites excluding steroid dienone is 1. The number of ether oxygens (including phenoxy) is 2. The molecular formula is C17H16N2O3. The number of benzene rings is 2. The Bertz CT molecular complexity index is 711. The molecule has 22 heavy (non-hydrogen) atoms. The molecule has 1 aliphatic rings. The molecule has 0 atom stereocenters. The molecular weight excluding hydrogens is 280 g/mol.